The molecular weight excluding hydrogens is 380 g/mol. The van der Waals surface area contributed by atoms with Crippen LogP contribution in [0.2, 0.25) is 0 Å². The summed E-state index contributed by atoms with van der Waals surface area (Å²) in [4.78, 5) is 26.9. The number of hydrogen-bond acceptors (Lipinski definition) is 3. The van der Waals surface area contributed by atoms with Crippen LogP contribution in [0.25, 0.3) is 0 Å². The van der Waals surface area contributed by atoms with Crippen molar-refractivity contribution in [2.24, 2.45) is 0 Å². The SMILES string of the molecule is Cc1ccccc1NC(=O)c1ccc([C@H]2SCC(=O)N2Cc2ccccc2)cc1. The van der Waals surface area contributed by atoms with Gasteiger partial charge in [-0.15, -0.1) is 11.8 Å². The lowest BCUT2D eigenvalue weighted by atomic mass is 10.1. The van der Waals surface area contributed by atoms with Crippen molar-refractivity contribution in [1.29, 1.82) is 0 Å². The number of amides is 2. The van der Waals surface area contributed by atoms with Crippen molar-refractivity contribution in [2.45, 2.75) is 18.8 Å². The van der Waals surface area contributed by atoms with Gasteiger partial charge in [0.15, 0.2) is 0 Å². The topological polar surface area (TPSA) is 49.4 Å². The van der Waals surface area contributed by atoms with Crippen LogP contribution in [0, 0.1) is 6.92 Å². The Hall–Kier alpha value is -3.05. The van der Waals surface area contributed by atoms with Gasteiger partial charge in [-0.25, -0.2) is 0 Å². The fraction of sp³-hybridized carbons (Fsp3) is 0.167. The van der Waals surface area contributed by atoms with Crippen LogP contribution in [0.4, 0.5) is 5.69 Å². The molecule has 1 aliphatic heterocycles. The van der Waals surface area contributed by atoms with Gasteiger partial charge in [-0.3, -0.25) is 9.59 Å². The number of carbonyl (C=O) groups is 2. The highest BCUT2D eigenvalue weighted by molar-refractivity contribution is 8.00. The number of para-hydroxylation sites is 1. The van der Waals surface area contributed by atoms with Crippen LogP contribution in [-0.2, 0) is 11.3 Å². The molecule has 146 valence electrons. The van der Waals surface area contributed by atoms with Crippen LogP contribution >= 0.6 is 11.8 Å². The smallest absolute Gasteiger partial charge is 0.255 e. The Bertz CT molecular complexity index is 1020. The van der Waals surface area contributed by atoms with Crippen LogP contribution in [-0.4, -0.2) is 22.5 Å². The predicted molar refractivity (Wildman–Crippen MR) is 118 cm³/mol. The van der Waals surface area contributed by atoms with E-state index in [4.69, 9.17) is 0 Å². The van der Waals surface area contributed by atoms with Crippen molar-refractivity contribution >= 4 is 29.3 Å². The second-order valence-corrected chi connectivity index (χ2v) is 8.13. The van der Waals surface area contributed by atoms with Gasteiger partial charge in [0.25, 0.3) is 5.91 Å². The molecule has 1 N–H and O–H groups in total. The summed E-state index contributed by atoms with van der Waals surface area (Å²) in [5.74, 6) is 0.486. The summed E-state index contributed by atoms with van der Waals surface area (Å²) in [7, 11) is 0. The molecule has 2 amide bonds. The summed E-state index contributed by atoms with van der Waals surface area (Å²) in [6.07, 6.45) is 0. The summed E-state index contributed by atoms with van der Waals surface area (Å²) in [5.41, 5.74) is 4.58. The standard InChI is InChI=1S/C24H22N2O2S/c1-17-7-5-6-10-21(17)25-23(28)19-11-13-20(14-12-19)24-26(22(27)16-29-24)15-18-8-3-2-4-9-18/h2-14,24H,15-16H2,1H3,(H,25,28)/t24-/m1/s1. The van der Waals surface area contributed by atoms with Crippen molar-refractivity contribution in [1.82, 2.24) is 4.90 Å². The molecule has 5 heteroatoms. The van der Waals surface area contributed by atoms with Gasteiger partial charge in [0.05, 0.1) is 5.75 Å². The zero-order valence-corrected chi connectivity index (χ0v) is 17.0. The number of carbonyl (C=O) groups excluding carboxylic acids is 2. The van der Waals surface area contributed by atoms with Crippen LogP contribution in [0.15, 0.2) is 78.9 Å². The lowest BCUT2D eigenvalue weighted by Gasteiger charge is -2.24. The highest BCUT2D eigenvalue weighted by Crippen LogP contribution is 2.39. The minimum absolute atomic E-state index is 0.0313. The Morgan fingerprint density at radius 2 is 1.69 bits per heavy atom. The minimum Gasteiger partial charge on any atom is -0.322 e. The first-order chi connectivity index (χ1) is 14.1. The molecule has 0 bridgehead atoms. The quantitative estimate of drug-likeness (QED) is 0.652. The Morgan fingerprint density at radius 1 is 1.00 bits per heavy atom. The lowest BCUT2D eigenvalue weighted by molar-refractivity contribution is -0.128. The van der Waals surface area contributed by atoms with E-state index in [1.165, 1.54) is 0 Å². The van der Waals surface area contributed by atoms with Gasteiger partial charge in [-0.1, -0.05) is 60.7 Å². The molecule has 0 saturated carbocycles. The first-order valence-corrected chi connectivity index (χ1v) is 10.6. The normalized spacial score (nSPS) is 16.1. The molecule has 0 aliphatic carbocycles. The summed E-state index contributed by atoms with van der Waals surface area (Å²) in [6, 6.07) is 25.3. The first-order valence-electron chi connectivity index (χ1n) is 9.54. The molecule has 1 atom stereocenters. The maximum atomic E-state index is 12.6. The second-order valence-electron chi connectivity index (χ2n) is 7.06. The van der Waals surface area contributed by atoms with E-state index in [1.807, 2.05) is 90.7 Å². The number of thioether (sulfide) groups is 1. The van der Waals surface area contributed by atoms with Gasteiger partial charge in [0.2, 0.25) is 5.91 Å². The predicted octanol–water partition coefficient (Wildman–Crippen LogP) is 5.02. The molecular formula is C24H22N2O2S. The van der Waals surface area contributed by atoms with Crippen molar-refractivity contribution in [3.8, 4) is 0 Å². The van der Waals surface area contributed by atoms with E-state index < -0.39 is 0 Å². The summed E-state index contributed by atoms with van der Waals surface area (Å²) < 4.78 is 0. The summed E-state index contributed by atoms with van der Waals surface area (Å²) in [5, 5.41) is 2.92. The molecule has 1 aliphatic rings. The van der Waals surface area contributed by atoms with Crippen LogP contribution in [0.1, 0.15) is 32.4 Å². The van der Waals surface area contributed by atoms with E-state index >= 15 is 0 Å². The largest absolute Gasteiger partial charge is 0.322 e. The Morgan fingerprint density at radius 3 is 2.41 bits per heavy atom. The van der Waals surface area contributed by atoms with Crippen LogP contribution < -0.4 is 5.32 Å². The fourth-order valence-corrected chi connectivity index (χ4v) is 4.58. The van der Waals surface area contributed by atoms with Gasteiger partial charge in [-0.05, 0) is 41.8 Å². The minimum atomic E-state index is -0.137. The Balaban J connectivity index is 1.48. The van der Waals surface area contributed by atoms with Gasteiger partial charge in [0, 0.05) is 17.8 Å². The average molecular weight is 403 g/mol. The average Bonchev–Trinajstić information content (AvgIpc) is 3.11. The Kier molecular flexibility index (Phi) is 5.67. The number of hydrogen-bond donors (Lipinski definition) is 1. The van der Waals surface area contributed by atoms with Crippen molar-refractivity contribution in [3.63, 3.8) is 0 Å². The molecule has 0 unspecified atom stereocenters. The molecule has 0 spiro atoms. The number of nitrogens with zero attached hydrogens (tertiary/aromatic N) is 1. The number of benzene rings is 3. The highest BCUT2D eigenvalue weighted by atomic mass is 32.2. The molecule has 0 radical (unpaired) electrons. The van der Waals surface area contributed by atoms with E-state index in [9.17, 15) is 9.59 Å². The third kappa shape index (κ3) is 4.35. The summed E-state index contributed by atoms with van der Waals surface area (Å²) >= 11 is 1.63. The maximum Gasteiger partial charge on any atom is 0.255 e. The monoisotopic (exact) mass is 402 g/mol. The zero-order valence-electron chi connectivity index (χ0n) is 16.2. The summed E-state index contributed by atoms with van der Waals surface area (Å²) in [6.45, 7) is 2.56. The van der Waals surface area contributed by atoms with Crippen LogP contribution in [0.5, 0.6) is 0 Å². The van der Waals surface area contributed by atoms with Crippen molar-refractivity contribution in [2.75, 3.05) is 11.1 Å². The van der Waals surface area contributed by atoms with Gasteiger partial charge in [0.1, 0.15) is 5.37 Å². The Labute approximate surface area is 174 Å². The number of anilines is 1. The zero-order chi connectivity index (χ0) is 20.2. The molecule has 4 rings (SSSR count). The molecule has 1 fully saturated rings. The third-order valence-electron chi connectivity index (χ3n) is 5.02. The molecule has 29 heavy (non-hydrogen) atoms. The molecule has 1 heterocycles. The molecule has 1 saturated heterocycles. The van der Waals surface area contributed by atoms with E-state index in [1.54, 1.807) is 11.8 Å². The van der Waals surface area contributed by atoms with E-state index in [0.29, 0.717) is 17.9 Å². The third-order valence-corrected chi connectivity index (χ3v) is 6.27. The highest BCUT2D eigenvalue weighted by Gasteiger charge is 2.32. The van der Waals surface area contributed by atoms with Gasteiger partial charge >= 0.3 is 0 Å². The van der Waals surface area contributed by atoms with Crippen molar-refractivity contribution in [3.05, 3.63) is 101 Å². The number of nitrogens with one attached hydrogen (secondary N) is 1. The number of aryl methyl sites for hydroxylation is 1. The van der Waals surface area contributed by atoms with Crippen molar-refractivity contribution < 1.29 is 9.59 Å². The maximum absolute atomic E-state index is 12.6. The fourth-order valence-electron chi connectivity index (χ4n) is 3.39. The van der Waals surface area contributed by atoms with Gasteiger partial charge < -0.3 is 10.2 Å². The second kappa shape index (κ2) is 8.53. The molecule has 3 aromatic carbocycles. The van der Waals surface area contributed by atoms with E-state index in [2.05, 4.69) is 5.32 Å². The van der Waals surface area contributed by atoms with E-state index in [-0.39, 0.29) is 17.2 Å². The van der Waals surface area contributed by atoms with E-state index in [0.717, 1.165) is 22.4 Å². The number of rotatable bonds is 5. The van der Waals surface area contributed by atoms with Gasteiger partial charge in [-0.2, -0.15) is 0 Å². The van der Waals surface area contributed by atoms with Crippen LogP contribution in [0.3, 0.4) is 0 Å². The lowest BCUT2D eigenvalue weighted by Crippen LogP contribution is -2.27. The molecule has 0 aromatic heterocycles. The molecule has 3 aromatic rings. The first kappa shape index (κ1) is 19.3. The molecule has 4 nitrogen and oxygen atoms in total.